The second kappa shape index (κ2) is 10.4. The Morgan fingerprint density at radius 2 is 1.82 bits per heavy atom. The molecule has 0 unspecified atom stereocenters. The highest BCUT2D eigenvalue weighted by Gasteiger charge is 2.45. The normalized spacial score (nSPS) is 17.9. The Kier molecular flexibility index (Phi) is 7.82. The molecule has 0 saturated carbocycles. The minimum absolute atomic E-state index is 0.0726. The average molecular weight is 471 g/mol. The first-order valence-electron chi connectivity index (χ1n) is 11.0. The van der Waals surface area contributed by atoms with E-state index in [0.29, 0.717) is 35.2 Å². The summed E-state index contributed by atoms with van der Waals surface area (Å²) in [4.78, 5) is 29.7. The van der Waals surface area contributed by atoms with Crippen LogP contribution in [0.3, 0.4) is 0 Å². The number of hydrogen-bond donors (Lipinski definition) is 1. The van der Waals surface area contributed by atoms with Crippen LogP contribution in [0.4, 0.5) is 0 Å². The van der Waals surface area contributed by atoms with Crippen LogP contribution < -0.4 is 4.74 Å². The molecule has 6 nitrogen and oxygen atoms in total. The molecule has 0 aromatic heterocycles. The third-order valence-electron chi connectivity index (χ3n) is 5.89. The van der Waals surface area contributed by atoms with Crippen LogP contribution in [0.25, 0.3) is 5.76 Å². The number of rotatable bonds is 8. The summed E-state index contributed by atoms with van der Waals surface area (Å²) >= 11 is 6.25. The lowest BCUT2D eigenvalue weighted by molar-refractivity contribution is -0.139. The summed E-state index contributed by atoms with van der Waals surface area (Å²) in [5.41, 5.74) is 2.37. The average Bonchev–Trinajstić information content (AvgIpc) is 3.03. The zero-order chi connectivity index (χ0) is 24.3. The fourth-order valence-corrected chi connectivity index (χ4v) is 4.30. The second-order valence-electron chi connectivity index (χ2n) is 8.82. The number of likely N-dealkylation sites (tertiary alicyclic amines) is 1. The Balaban J connectivity index is 2.10. The summed E-state index contributed by atoms with van der Waals surface area (Å²) < 4.78 is 5.18. The molecule has 3 rings (SSSR count). The fourth-order valence-electron chi connectivity index (χ4n) is 4.05. The minimum Gasteiger partial charge on any atom is -0.507 e. The van der Waals surface area contributed by atoms with Crippen molar-refractivity contribution in [3.63, 3.8) is 0 Å². The number of benzene rings is 2. The maximum absolute atomic E-state index is 13.1. The SMILES string of the molecule is COc1ccc(C(O)=C2C(=O)C(=O)N(CCCN(C)C)[C@@H]2c2ccc(C(C)C)cc2)cc1Cl. The van der Waals surface area contributed by atoms with E-state index in [1.807, 2.05) is 43.3 Å². The molecule has 0 bridgehead atoms. The Morgan fingerprint density at radius 3 is 2.36 bits per heavy atom. The first kappa shape index (κ1) is 24.8. The molecule has 0 aliphatic carbocycles. The fraction of sp³-hybridized carbons (Fsp3) is 0.385. The number of amides is 1. The first-order valence-corrected chi connectivity index (χ1v) is 11.4. The van der Waals surface area contributed by atoms with Crippen molar-refractivity contribution < 1.29 is 19.4 Å². The van der Waals surface area contributed by atoms with Gasteiger partial charge in [0, 0.05) is 12.1 Å². The van der Waals surface area contributed by atoms with Crippen LogP contribution in [0.5, 0.6) is 5.75 Å². The van der Waals surface area contributed by atoms with Gasteiger partial charge < -0.3 is 19.6 Å². The van der Waals surface area contributed by atoms with E-state index in [1.54, 1.807) is 17.0 Å². The minimum atomic E-state index is -0.692. The molecule has 7 heteroatoms. The van der Waals surface area contributed by atoms with Gasteiger partial charge in [-0.15, -0.1) is 0 Å². The lowest BCUT2D eigenvalue weighted by Gasteiger charge is -2.26. The number of aliphatic hydroxyl groups is 1. The number of carbonyl (C=O) groups excluding carboxylic acids is 2. The van der Waals surface area contributed by atoms with Gasteiger partial charge in [0.25, 0.3) is 11.7 Å². The molecule has 0 radical (unpaired) electrons. The Hall–Kier alpha value is -2.83. The van der Waals surface area contributed by atoms with E-state index in [9.17, 15) is 14.7 Å². The first-order chi connectivity index (χ1) is 15.6. The molecule has 1 aliphatic heterocycles. The van der Waals surface area contributed by atoms with Crippen molar-refractivity contribution in [2.75, 3.05) is 34.3 Å². The highest BCUT2D eigenvalue weighted by Crippen LogP contribution is 2.40. The summed E-state index contributed by atoms with van der Waals surface area (Å²) in [6.07, 6.45) is 0.703. The smallest absolute Gasteiger partial charge is 0.295 e. The number of hydrogen-bond acceptors (Lipinski definition) is 5. The van der Waals surface area contributed by atoms with Crippen molar-refractivity contribution in [3.8, 4) is 5.75 Å². The van der Waals surface area contributed by atoms with Crippen LogP contribution >= 0.6 is 11.6 Å². The van der Waals surface area contributed by atoms with Gasteiger partial charge in [0.05, 0.1) is 23.7 Å². The monoisotopic (exact) mass is 470 g/mol. The molecule has 1 aliphatic rings. The highest BCUT2D eigenvalue weighted by atomic mass is 35.5. The number of Topliss-reactive ketones (excluding diaryl/α,β-unsaturated/α-hetero) is 1. The van der Waals surface area contributed by atoms with Crippen LogP contribution in [-0.2, 0) is 9.59 Å². The largest absolute Gasteiger partial charge is 0.507 e. The van der Waals surface area contributed by atoms with E-state index in [4.69, 9.17) is 16.3 Å². The summed E-state index contributed by atoms with van der Waals surface area (Å²) in [7, 11) is 5.42. The number of nitrogens with zero attached hydrogens (tertiary/aromatic N) is 2. The molecule has 1 saturated heterocycles. The van der Waals surface area contributed by atoms with Gasteiger partial charge in [-0.2, -0.15) is 0 Å². The van der Waals surface area contributed by atoms with Gasteiger partial charge in [-0.05, 0) is 62.3 Å². The van der Waals surface area contributed by atoms with Crippen LogP contribution in [0.1, 0.15) is 48.9 Å². The Bertz CT molecular complexity index is 1060. The van der Waals surface area contributed by atoms with Crippen LogP contribution in [0, 0.1) is 0 Å². The van der Waals surface area contributed by atoms with Crippen molar-refractivity contribution in [2.24, 2.45) is 0 Å². The van der Waals surface area contributed by atoms with Crippen LogP contribution in [-0.4, -0.2) is 60.9 Å². The van der Waals surface area contributed by atoms with Gasteiger partial charge in [0.15, 0.2) is 0 Å². The van der Waals surface area contributed by atoms with E-state index in [2.05, 4.69) is 13.8 Å². The standard InChI is InChI=1S/C26H31ClN2O4/c1-16(2)17-7-9-18(10-8-17)23-22(24(30)19-11-12-21(33-5)20(27)15-19)25(31)26(32)29(23)14-6-13-28(3)4/h7-12,15-16,23,30H,6,13-14H2,1-5H3/t23-/m1/s1. The molecule has 1 atom stereocenters. The summed E-state index contributed by atoms with van der Waals surface area (Å²) in [6, 6.07) is 12.0. The maximum Gasteiger partial charge on any atom is 0.295 e. The van der Waals surface area contributed by atoms with E-state index in [1.165, 1.54) is 13.2 Å². The second-order valence-corrected chi connectivity index (χ2v) is 9.23. The Morgan fingerprint density at radius 1 is 1.15 bits per heavy atom. The van der Waals surface area contributed by atoms with Gasteiger partial charge in [0.2, 0.25) is 0 Å². The van der Waals surface area contributed by atoms with Crippen molar-refractivity contribution in [1.82, 2.24) is 9.80 Å². The number of halogens is 1. The van der Waals surface area contributed by atoms with E-state index >= 15 is 0 Å². The molecule has 176 valence electrons. The third kappa shape index (κ3) is 5.23. The quantitative estimate of drug-likeness (QED) is 0.339. The summed E-state index contributed by atoms with van der Waals surface area (Å²) in [6.45, 7) is 5.39. The molecule has 1 N–H and O–H groups in total. The van der Waals surface area contributed by atoms with Crippen molar-refractivity contribution in [3.05, 3.63) is 69.8 Å². The number of methoxy groups -OCH3 is 1. The molecule has 33 heavy (non-hydrogen) atoms. The molecule has 2 aromatic rings. The lowest BCUT2D eigenvalue weighted by Crippen LogP contribution is -2.32. The lowest BCUT2D eigenvalue weighted by atomic mass is 9.93. The van der Waals surface area contributed by atoms with Gasteiger partial charge in [0.1, 0.15) is 11.5 Å². The Labute approximate surface area is 200 Å². The van der Waals surface area contributed by atoms with E-state index in [-0.39, 0.29) is 11.3 Å². The molecule has 2 aromatic carbocycles. The van der Waals surface area contributed by atoms with Crippen LogP contribution in [0.2, 0.25) is 5.02 Å². The topological polar surface area (TPSA) is 70.1 Å². The van der Waals surface area contributed by atoms with Crippen molar-refractivity contribution in [2.45, 2.75) is 32.2 Å². The van der Waals surface area contributed by atoms with E-state index in [0.717, 1.165) is 17.7 Å². The van der Waals surface area contributed by atoms with Gasteiger partial charge in [-0.25, -0.2) is 0 Å². The van der Waals surface area contributed by atoms with Gasteiger partial charge in [-0.1, -0.05) is 49.7 Å². The highest BCUT2D eigenvalue weighted by molar-refractivity contribution is 6.46. The number of carbonyl (C=O) groups is 2. The molecular formula is C26H31ClN2O4. The zero-order valence-electron chi connectivity index (χ0n) is 19.8. The number of aliphatic hydroxyl groups excluding tert-OH is 1. The van der Waals surface area contributed by atoms with Crippen molar-refractivity contribution in [1.29, 1.82) is 0 Å². The molecule has 1 heterocycles. The third-order valence-corrected chi connectivity index (χ3v) is 6.18. The van der Waals surface area contributed by atoms with Crippen LogP contribution in [0.15, 0.2) is 48.0 Å². The van der Waals surface area contributed by atoms with E-state index < -0.39 is 17.7 Å². The van der Waals surface area contributed by atoms with Gasteiger partial charge in [-0.3, -0.25) is 9.59 Å². The molecule has 1 fully saturated rings. The molecular weight excluding hydrogens is 440 g/mol. The summed E-state index contributed by atoms with van der Waals surface area (Å²) in [5, 5.41) is 11.5. The van der Waals surface area contributed by atoms with Crippen molar-refractivity contribution >= 4 is 29.1 Å². The molecule has 1 amide bonds. The predicted octanol–water partition coefficient (Wildman–Crippen LogP) is 4.85. The predicted molar refractivity (Wildman–Crippen MR) is 131 cm³/mol. The summed E-state index contributed by atoms with van der Waals surface area (Å²) in [5.74, 6) is -0.730. The maximum atomic E-state index is 13.1. The number of ketones is 1. The van der Waals surface area contributed by atoms with Gasteiger partial charge >= 0.3 is 0 Å². The number of ether oxygens (including phenoxy) is 1. The zero-order valence-corrected chi connectivity index (χ0v) is 20.5. The molecule has 0 spiro atoms.